The molecule has 2 unspecified atom stereocenters. The van der Waals surface area contributed by atoms with E-state index in [0.717, 1.165) is 32.1 Å². The molecule has 1 heterocycles. The van der Waals surface area contributed by atoms with Gasteiger partial charge in [-0.1, -0.05) is 0 Å². The Bertz CT molecular complexity index is 876. The van der Waals surface area contributed by atoms with Crippen LogP contribution in [-0.4, -0.2) is 26.6 Å². The average molecular weight is 365 g/mol. The Morgan fingerprint density at radius 1 is 1.11 bits per heavy atom. The number of anilines is 1. The van der Waals surface area contributed by atoms with Gasteiger partial charge in [0.1, 0.15) is 12.7 Å². The summed E-state index contributed by atoms with van der Waals surface area (Å²) in [6, 6.07) is 6.78. The second-order valence-electron chi connectivity index (χ2n) is 8.70. The molecule has 4 saturated carbocycles. The number of hydrogen-bond acceptors (Lipinski definition) is 4. The van der Waals surface area contributed by atoms with E-state index in [-0.39, 0.29) is 16.9 Å². The summed E-state index contributed by atoms with van der Waals surface area (Å²) in [6.07, 6.45) is 9.52. The maximum Gasteiger partial charge on any atom is 0.248 e. The highest BCUT2D eigenvalue weighted by atomic mass is 16.2. The zero-order valence-electron chi connectivity index (χ0n) is 15.1. The first kappa shape index (κ1) is 16.5. The van der Waals surface area contributed by atoms with Crippen molar-refractivity contribution in [1.29, 1.82) is 0 Å². The molecule has 27 heavy (non-hydrogen) atoms. The minimum Gasteiger partial charge on any atom is -0.366 e. The number of carbonyl (C=O) groups excluding carboxylic acids is 2. The Morgan fingerprint density at radius 3 is 2.41 bits per heavy atom. The number of hydrogen-bond donors (Lipinski definition) is 2. The molecule has 4 atom stereocenters. The summed E-state index contributed by atoms with van der Waals surface area (Å²) in [4.78, 5) is 28.7. The van der Waals surface area contributed by atoms with Crippen LogP contribution in [0.25, 0.3) is 0 Å². The molecule has 4 aliphatic carbocycles. The maximum absolute atomic E-state index is 13.3. The quantitative estimate of drug-likeness (QED) is 0.868. The molecule has 0 saturated heterocycles. The van der Waals surface area contributed by atoms with E-state index in [2.05, 4.69) is 15.4 Å². The van der Waals surface area contributed by atoms with E-state index >= 15 is 0 Å². The third-order valence-electron chi connectivity index (χ3n) is 6.84. The number of rotatable bonds is 4. The van der Waals surface area contributed by atoms with E-state index < -0.39 is 5.91 Å². The fraction of sp³-hybridized carbons (Fsp3) is 0.500. The minimum atomic E-state index is -0.469. The highest BCUT2D eigenvalue weighted by molar-refractivity contribution is 5.97. The van der Waals surface area contributed by atoms with Crippen molar-refractivity contribution in [3.63, 3.8) is 0 Å². The summed E-state index contributed by atoms with van der Waals surface area (Å²) in [7, 11) is 0. The predicted octanol–water partition coefficient (Wildman–Crippen LogP) is 2.31. The van der Waals surface area contributed by atoms with Gasteiger partial charge in [0.05, 0.1) is 11.0 Å². The van der Waals surface area contributed by atoms with Crippen LogP contribution >= 0.6 is 0 Å². The van der Waals surface area contributed by atoms with Crippen molar-refractivity contribution in [2.75, 3.05) is 5.32 Å². The van der Waals surface area contributed by atoms with Gasteiger partial charge in [-0.2, -0.15) is 5.10 Å². The Hall–Kier alpha value is -2.70. The van der Waals surface area contributed by atoms with Crippen molar-refractivity contribution in [1.82, 2.24) is 14.8 Å². The van der Waals surface area contributed by atoms with Gasteiger partial charge >= 0.3 is 0 Å². The van der Waals surface area contributed by atoms with Crippen molar-refractivity contribution < 1.29 is 9.59 Å². The summed E-state index contributed by atoms with van der Waals surface area (Å²) >= 11 is 0. The second kappa shape index (κ2) is 5.65. The fourth-order valence-electron chi connectivity index (χ4n) is 6.18. The van der Waals surface area contributed by atoms with Crippen LogP contribution in [0, 0.1) is 17.3 Å². The molecule has 6 rings (SSSR count). The van der Waals surface area contributed by atoms with Gasteiger partial charge in [-0.05, 0) is 74.6 Å². The first-order valence-corrected chi connectivity index (χ1v) is 9.55. The lowest BCUT2D eigenvalue weighted by Crippen LogP contribution is -2.60. The molecule has 4 bridgehead atoms. The van der Waals surface area contributed by atoms with E-state index in [9.17, 15) is 9.59 Å². The first-order chi connectivity index (χ1) is 13.0. The number of primary amides is 1. The predicted molar refractivity (Wildman–Crippen MR) is 98.7 cm³/mol. The largest absolute Gasteiger partial charge is 0.366 e. The van der Waals surface area contributed by atoms with Crippen LogP contribution in [0.1, 0.15) is 48.9 Å². The Balaban J connectivity index is 1.42. The molecule has 3 N–H and O–H groups in total. The summed E-state index contributed by atoms with van der Waals surface area (Å²) in [5, 5.41) is 7.53. The second-order valence-corrected chi connectivity index (χ2v) is 8.70. The fourth-order valence-corrected chi connectivity index (χ4v) is 6.18. The third kappa shape index (κ3) is 2.56. The van der Waals surface area contributed by atoms with Crippen LogP contribution in [0.4, 0.5) is 5.69 Å². The summed E-state index contributed by atoms with van der Waals surface area (Å²) in [5.41, 5.74) is 6.01. The molecule has 2 amide bonds. The lowest BCUT2D eigenvalue weighted by molar-refractivity contribution is -0.150. The van der Waals surface area contributed by atoms with E-state index in [4.69, 9.17) is 5.73 Å². The molecule has 0 radical (unpaired) electrons. The summed E-state index contributed by atoms with van der Waals surface area (Å²) in [5.74, 6) is 0.758. The molecule has 140 valence electrons. The van der Waals surface area contributed by atoms with Gasteiger partial charge < -0.3 is 11.1 Å². The van der Waals surface area contributed by atoms with Crippen LogP contribution in [0.2, 0.25) is 0 Å². The lowest BCUT2D eigenvalue weighted by Gasteiger charge is -2.60. The normalized spacial score (nSPS) is 33.8. The zero-order chi connectivity index (χ0) is 18.6. The molecule has 2 aromatic rings. The lowest BCUT2D eigenvalue weighted by atomic mass is 9.46. The number of benzene rings is 1. The SMILES string of the molecule is NC(=O)c1ccc(NC(=O)C23C[C@H]4C[C@@H](C2)CC(n2cncn2)(C4)C3)cc1. The van der Waals surface area contributed by atoms with Crippen LogP contribution < -0.4 is 11.1 Å². The summed E-state index contributed by atoms with van der Waals surface area (Å²) < 4.78 is 2.01. The number of carbonyl (C=O) groups is 2. The highest BCUT2D eigenvalue weighted by Crippen LogP contribution is 2.64. The molecule has 7 heteroatoms. The van der Waals surface area contributed by atoms with Crippen molar-refractivity contribution >= 4 is 17.5 Å². The topological polar surface area (TPSA) is 103 Å². The van der Waals surface area contributed by atoms with E-state index in [0.29, 0.717) is 23.1 Å². The molecule has 1 aromatic heterocycles. The summed E-state index contributed by atoms with van der Waals surface area (Å²) in [6.45, 7) is 0. The number of amides is 2. The molecular formula is C20H23N5O2. The van der Waals surface area contributed by atoms with Crippen LogP contribution in [0.3, 0.4) is 0 Å². The van der Waals surface area contributed by atoms with Crippen LogP contribution in [0.5, 0.6) is 0 Å². The number of nitrogens with two attached hydrogens (primary N) is 1. The van der Waals surface area contributed by atoms with Crippen LogP contribution in [-0.2, 0) is 10.3 Å². The van der Waals surface area contributed by atoms with Gasteiger partial charge in [0, 0.05) is 11.3 Å². The van der Waals surface area contributed by atoms with E-state index in [1.807, 2.05) is 4.68 Å². The number of nitrogens with zero attached hydrogens (tertiary/aromatic N) is 3. The van der Waals surface area contributed by atoms with Gasteiger partial charge in [-0.15, -0.1) is 0 Å². The third-order valence-corrected chi connectivity index (χ3v) is 6.84. The van der Waals surface area contributed by atoms with Crippen molar-refractivity contribution in [3.8, 4) is 0 Å². The Labute approximate surface area is 157 Å². The Morgan fingerprint density at radius 2 is 1.81 bits per heavy atom. The monoisotopic (exact) mass is 365 g/mol. The van der Waals surface area contributed by atoms with Crippen LogP contribution in [0.15, 0.2) is 36.9 Å². The van der Waals surface area contributed by atoms with Crippen molar-refractivity contribution in [3.05, 3.63) is 42.5 Å². The van der Waals surface area contributed by atoms with Gasteiger partial charge in [0.2, 0.25) is 11.8 Å². The van der Waals surface area contributed by atoms with Gasteiger partial charge in [0.15, 0.2) is 0 Å². The molecule has 1 aromatic carbocycles. The number of nitrogens with one attached hydrogen (secondary N) is 1. The maximum atomic E-state index is 13.3. The van der Waals surface area contributed by atoms with Crippen molar-refractivity contribution in [2.45, 2.75) is 44.1 Å². The molecule has 4 fully saturated rings. The molecule has 4 aliphatic rings. The molecule has 0 aliphatic heterocycles. The van der Waals surface area contributed by atoms with Crippen molar-refractivity contribution in [2.24, 2.45) is 23.0 Å². The standard InChI is InChI=1S/C20H23N5O2/c21-17(26)15-1-3-16(4-2-15)24-18(27)19-6-13-5-14(7-19)9-20(8-13,10-19)25-12-22-11-23-25/h1-4,11-14H,5-10H2,(H2,21,26)(H,24,27)/t13-,14+,19?,20?. The zero-order valence-corrected chi connectivity index (χ0v) is 15.1. The van der Waals surface area contributed by atoms with Gasteiger partial charge in [0.25, 0.3) is 0 Å². The van der Waals surface area contributed by atoms with Gasteiger partial charge in [-0.3, -0.25) is 9.59 Å². The van der Waals surface area contributed by atoms with Gasteiger partial charge in [-0.25, -0.2) is 9.67 Å². The average Bonchev–Trinajstić information content (AvgIpc) is 3.16. The highest BCUT2D eigenvalue weighted by Gasteiger charge is 2.61. The van der Waals surface area contributed by atoms with E-state index in [1.165, 1.54) is 6.42 Å². The first-order valence-electron chi connectivity index (χ1n) is 9.55. The Kier molecular flexibility index (Phi) is 3.44. The minimum absolute atomic E-state index is 0.0756. The van der Waals surface area contributed by atoms with E-state index in [1.54, 1.807) is 36.9 Å². The molecule has 0 spiro atoms. The number of aromatic nitrogens is 3. The molecule has 7 nitrogen and oxygen atoms in total. The molecular weight excluding hydrogens is 342 g/mol. The smallest absolute Gasteiger partial charge is 0.248 e.